The Bertz CT molecular complexity index is 1400. The normalized spacial score (nSPS) is 25.4. The van der Waals surface area contributed by atoms with Crippen LogP contribution in [0.4, 0.5) is 0 Å². The van der Waals surface area contributed by atoms with Gasteiger partial charge in [0.25, 0.3) is 0 Å². The van der Waals surface area contributed by atoms with Gasteiger partial charge in [0.2, 0.25) is 0 Å². The molecule has 0 amide bonds. The highest BCUT2D eigenvalue weighted by atomic mass is 16.4. The molecule has 10 rings (SSSR count). The van der Waals surface area contributed by atoms with Crippen molar-refractivity contribution >= 4 is 11.9 Å². The van der Waals surface area contributed by atoms with E-state index in [1.807, 2.05) is 0 Å². The fourth-order valence-corrected chi connectivity index (χ4v) is 8.36. The van der Waals surface area contributed by atoms with Crippen molar-refractivity contribution in [1.29, 1.82) is 0 Å². The number of hydrogen-bond donors (Lipinski definition) is 2. The van der Waals surface area contributed by atoms with E-state index in [1.165, 1.54) is 44.5 Å². The van der Waals surface area contributed by atoms with Crippen molar-refractivity contribution in [3.63, 3.8) is 0 Å². The monoisotopic (exact) mass is 500 g/mol. The maximum Gasteiger partial charge on any atom is 0.303 e. The number of benzene rings is 4. The molecule has 0 fully saturated rings. The molecule has 0 radical (unpaired) electrons. The molecule has 4 nitrogen and oxygen atoms in total. The van der Waals surface area contributed by atoms with Crippen LogP contribution in [0.3, 0.4) is 0 Å². The van der Waals surface area contributed by atoms with E-state index in [0.29, 0.717) is 12.8 Å². The van der Waals surface area contributed by atoms with Crippen LogP contribution in [0.2, 0.25) is 0 Å². The zero-order valence-corrected chi connectivity index (χ0v) is 20.9. The summed E-state index contributed by atoms with van der Waals surface area (Å²) in [6.45, 7) is 0. The quantitative estimate of drug-likeness (QED) is 0.313. The second kappa shape index (κ2) is 8.16. The van der Waals surface area contributed by atoms with Gasteiger partial charge in [0.1, 0.15) is 0 Å². The molecule has 0 saturated carbocycles. The fourth-order valence-electron chi connectivity index (χ4n) is 8.36. The molecule has 0 unspecified atom stereocenters. The van der Waals surface area contributed by atoms with Gasteiger partial charge in [0.15, 0.2) is 0 Å². The maximum atomic E-state index is 12.1. The predicted molar refractivity (Wildman–Crippen MR) is 145 cm³/mol. The van der Waals surface area contributed by atoms with Crippen LogP contribution in [0.25, 0.3) is 0 Å². The van der Waals surface area contributed by atoms with E-state index in [9.17, 15) is 19.8 Å². The van der Waals surface area contributed by atoms with Crippen molar-refractivity contribution in [3.8, 4) is 0 Å². The summed E-state index contributed by atoms with van der Waals surface area (Å²) in [5, 5.41) is 19.9. The van der Waals surface area contributed by atoms with Gasteiger partial charge >= 0.3 is 11.9 Å². The summed E-state index contributed by atoms with van der Waals surface area (Å²) >= 11 is 0. The first-order valence-corrected chi connectivity index (χ1v) is 13.3. The van der Waals surface area contributed by atoms with E-state index in [1.54, 1.807) is 0 Å². The number of carboxylic acid groups (broad SMARTS) is 2. The maximum absolute atomic E-state index is 12.1. The highest BCUT2D eigenvalue weighted by Gasteiger charge is 2.62. The van der Waals surface area contributed by atoms with E-state index < -0.39 is 22.8 Å². The average Bonchev–Trinajstić information content (AvgIpc) is 2.93. The molecule has 0 spiro atoms. The highest BCUT2D eigenvalue weighted by Crippen LogP contribution is 2.70. The van der Waals surface area contributed by atoms with E-state index in [-0.39, 0.29) is 24.7 Å². The Balaban J connectivity index is 1.70. The van der Waals surface area contributed by atoms with Gasteiger partial charge in [-0.05, 0) is 57.3 Å². The Hall–Kier alpha value is -4.18. The summed E-state index contributed by atoms with van der Waals surface area (Å²) in [7, 11) is 0. The first-order valence-electron chi connectivity index (χ1n) is 13.3. The second-order valence-corrected chi connectivity index (χ2v) is 10.9. The standard InChI is InChI=1S/C34H28O4/c35-29(36)17-19-33-25-13-5-1-9-21(25)31(22-10-2-6-14-26(22)33)34(20-18-30(37)38)27-15-7-3-11-23(27)32(33)24-12-4-8-16-28(24)34/h1-16,31-32H,17-20H2,(H,35,36)(H,37,38). The molecule has 0 aromatic heterocycles. The lowest BCUT2D eigenvalue weighted by molar-refractivity contribution is -0.138. The van der Waals surface area contributed by atoms with Crippen molar-refractivity contribution in [3.05, 3.63) is 142 Å². The van der Waals surface area contributed by atoms with Crippen LogP contribution in [0.1, 0.15) is 82.0 Å². The van der Waals surface area contributed by atoms with Crippen LogP contribution >= 0.6 is 0 Å². The third kappa shape index (κ3) is 2.80. The van der Waals surface area contributed by atoms with Gasteiger partial charge < -0.3 is 10.2 Å². The van der Waals surface area contributed by atoms with E-state index in [0.717, 1.165) is 0 Å². The number of aliphatic carboxylic acids is 2. The first kappa shape index (κ1) is 23.0. The van der Waals surface area contributed by atoms with E-state index >= 15 is 0 Å². The lowest BCUT2D eigenvalue weighted by Crippen LogP contribution is -2.53. The minimum Gasteiger partial charge on any atom is -0.481 e. The summed E-state index contributed by atoms with van der Waals surface area (Å²) in [5.74, 6) is -1.80. The second-order valence-electron chi connectivity index (χ2n) is 10.9. The predicted octanol–water partition coefficient (Wildman–Crippen LogP) is 6.59. The first-order chi connectivity index (χ1) is 18.5. The van der Waals surface area contributed by atoms with Crippen molar-refractivity contribution in [2.45, 2.75) is 48.3 Å². The lowest BCUT2D eigenvalue weighted by Gasteiger charge is -2.61. The number of carbonyl (C=O) groups is 2. The Morgan fingerprint density at radius 2 is 0.763 bits per heavy atom. The van der Waals surface area contributed by atoms with Gasteiger partial charge in [-0.2, -0.15) is 0 Å². The third-order valence-corrected chi connectivity index (χ3v) is 9.46. The van der Waals surface area contributed by atoms with Crippen LogP contribution in [0, 0.1) is 0 Å². The van der Waals surface area contributed by atoms with Gasteiger partial charge in [-0.25, -0.2) is 0 Å². The van der Waals surface area contributed by atoms with Gasteiger partial charge in [0, 0.05) is 35.5 Å². The van der Waals surface area contributed by atoms with Gasteiger partial charge in [-0.1, -0.05) is 97.1 Å². The van der Waals surface area contributed by atoms with Crippen LogP contribution in [-0.2, 0) is 20.4 Å². The molecule has 0 heterocycles. The largest absolute Gasteiger partial charge is 0.481 e. The van der Waals surface area contributed by atoms with Crippen molar-refractivity contribution < 1.29 is 19.8 Å². The third-order valence-electron chi connectivity index (χ3n) is 9.46. The average molecular weight is 501 g/mol. The Labute approximate surface area is 221 Å². The van der Waals surface area contributed by atoms with E-state index in [2.05, 4.69) is 97.1 Å². The molecule has 4 heteroatoms. The molecular formula is C34H28O4. The fraction of sp³-hybridized carbons (Fsp3) is 0.235. The topological polar surface area (TPSA) is 74.6 Å². The molecule has 0 aliphatic heterocycles. The Morgan fingerprint density at radius 3 is 1.03 bits per heavy atom. The van der Waals surface area contributed by atoms with Crippen molar-refractivity contribution in [1.82, 2.24) is 0 Å². The molecule has 6 aliphatic rings. The molecule has 0 atom stereocenters. The smallest absolute Gasteiger partial charge is 0.303 e. The summed E-state index contributed by atoms with van der Waals surface area (Å²) in [6, 6.07) is 34.1. The van der Waals surface area contributed by atoms with Crippen LogP contribution in [0.15, 0.2) is 97.1 Å². The SMILES string of the molecule is O=C(O)CCC12c3ccccc3C(c3ccccc31)C1(CCC(=O)O)c3ccccc3C2c2ccccc21. The lowest BCUT2D eigenvalue weighted by atomic mass is 9.41. The molecule has 188 valence electrons. The number of carboxylic acids is 2. The van der Waals surface area contributed by atoms with Crippen LogP contribution < -0.4 is 0 Å². The van der Waals surface area contributed by atoms with Gasteiger partial charge in [0.05, 0.1) is 0 Å². The molecule has 4 bridgehead atoms. The molecule has 2 N–H and O–H groups in total. The number of hydrogen-bond acceptors (Lipinski definition) is 2. The van der Waals surface area contributed by atoms with Crippen LogP contribution in [-0.4, -0.2) is 22.2 Å². The van der Waals surface area contributed by atoms with Crippen LogP contribution in [0.5, 0.6) is 0 Å². The van der Waals surface area contributed by atoms with Gasteiger partial charge in [-0.3, -0.25) is 9.59 Å². The summed E-state index contributed by atoms with van der Waals surface area (Å²) in [4.78, 5) is 24.3. The number of rotatable bonds is 6. The zero-order chi connectivity index (χ0) is 26.1. The molecule has 38 heavy (non-hydrogen) atoms. The van der Waals surface area contributed by atoms with Crippen molar-refractivity contribution in [2.75, 3.05) is 0 Å². The van der Waals surface area contributed by atoms with Crippen molar-refractivity contribution in [2.24, 2.45) is 0 Å². The zero-order valence-electron chi connectivity index (χ0n) is 20.9. The highest BCUT2D eigenvalue weighted by molar-refractivity contribution is 5.75. The Morgan fingerprint density at radius 1 is 0.500 bits per heavy atom. The molecule has 4 aromatic carbocycles. The van der Waals surface area contributed by atoms with Gasteiger partial charge in [-0.15, -0.1) is 0 Å². The summed E-state index contributed by atoms with van der Waals surface area (Å²) < 4.78 is 0. The molecule has 4 aromatic rings. The summed E-state index contributed by atoms with van der Waals surface area (Å²) in [5.41, 5.74) is 8.33. The molecule has 6 aliphatic carbocycles. The minimum absolute atomic E-state index is 0.0539. The molecule has 0 saturated heterocycles. The molecular weight excluding hydrogens is 472 g/mol. The summed E-state index contributed by atoms with van der Waals surface area (Å²) in [6.07, 6.45) is 1.05. The minimum atomic E-state index is -0.799. The Kier molecular flexibility index (Phi) is 4.93. The van der Waals surface area contributed by atoms with E-state index in [4.69, 9.17) is 0 Å².